The Hall–Kier alpha value is -3.65. The fraction of sp³-hybridized carbons (Fsp3) is 0.0714. The molecule has 0 fully saturated rings. The Kier molecular flexibility index (Phi) is 4.48. The summed E-state index contributed by atoms with van der Waals surface area (Å²) in [6, 6.07) is 11.7. The zero-order valence-corrected chi connectivity index (χ0v) is 11.5. The maximum atomic E-state index is 11.3. The van der Waals surface area contributed by atoms with Gasteiger partial charge in [-0.2, -0.15) is 20.7 Å². The molecule has 0 bridgehead atoms. The summed E-state index contributed by atoms with van der Waals surface area (Å²) in [6.07, 6.45) is 1.64. The highest BCUT2D eigenvalue weighted by Crippen LogP contribution is 2.13. The molecule has 0 amide bonds. The minimum Gasteiger partial charge on any atom is -0.464 e. The van der Waals surface area contributed by atoms with Crippen LogP contribution in [0.4, 0.5) is 5.69 Å². The minimum absolute atomic E-state index is 0.210. The first-order valence-corrected chi connectivity index (χ1v) is 6.06. The molecule has 1 heterocycles. The normalized spacial score (nSPS) is 9.23. The molecule has 8 nitrogen and oxygen atoms in total. The fourth-order valence-electron chi connectivity index (χ4n) is 1.57. The Morgan fingerprint density at radius 1 is 1.27 bits per heavy atom. The molecule has 0 aliphatic rings. The lowest BCUT2D eigenvalue weighted by Gasteiger charge is -2.03. The smallest absolute Gasteiger partial charge is 0.358 e. The van der Waals surface area contributed by atoms with Crippen molar-refractivity contribution in [3.8, 4) is 17.8 Å². The molecular formula is C14H10N6O2. The molecule has 1 aromatic heterocycles. The third kappa shape index (κ3) is 3.26. The molecule has 0 unspecified atom stereocenters. The Labute approximate surface area is 125 Å². The van der Waals surface area contributed by atoms with Crippen molar-refractivity contribution in [3.63, 3.8) is 0 Å². The molecule has 2 aromatic rings. The number of hydrazone groups is 1. The van der Waals surface area contributed by atoms with Crippen LogP contribution in [0.3, 0.4) is 0 Å². The number of ether oxygens (including phenoxy) is 1. The van der Waals surface area contributed by atoms with Crippen LogP contribution in [0.1, 0.15) is 10.5 Å². The Balaban J connectivity index is 2.14. The number of rotatable bonds is 4. The second kappa shape index (κ2) is 6.68. The second-order valence-electron chi connectivity index (χ2n) is 3.98. The van der Waals surface area contributed by atoms with E-state index < -0.39 is 5.97 Å². The SMILES string of the molecule is COC(=O)c1ccn(-c2ccc(NN=C(C#N)C#N)cc2)n1. The summed E-state index contributed by atoms with van der Waals surface area (Å²) in [5.41, 5.74) is 3.87. The first kappa shape index (κ1) is 14.8. The lowest BCUT2D eigenvalue weighted by Crippen LogP contribution is -2.04. The average Bonchev–Trinajstić information content (AvgIpc) is 3.05. The minimum atomic E-state index is -0.507. The number of nitriles is 2. The number of anilines is 1. The number of esters is 1. The summed E-state index contributed by atoms with van der Waals surface area (Å²) in [6.45, 7) is 0. The highest BCUT2D eigenvalue weighted by Gasteiger charge is 2.09. The van der Waals surface area contributed by atoms with Crippen molar-refractivity contribution < 1.29 is 9.53 Å². The van der Waals surface area contributed by atoms with Crippen LogP contribution in [0, 0.1) is 22.7 Å². The van der Waals surface area contributed by atoms with E-state index in [0.717, 1.165) is 5.69 Å². The number of nitrogens with one attached hydrogen (secondary N) is 1. The molecule has 0 radical (unpaired) electrons. The molecular weight excluding hydrogens is 284 g/mol. The summed E-state index contributed by atoms with van der Waals surface area (Å²) in [7, 11) is 1.29. The molecule has 1 aromatic carbocycles. The van der Waals surface area contributed by atoms with E-state index in [9.17, 15) is 4.79 Å². The van der Waals surface area contributed by atoms with Gasteiger partial charge in [0.15, 0.2) is 5.69 Å². The monoisotopic (exact) mass is 294 g/mol. The van der Waals surface area contributed by atoms with E-state index in [2.05, 4.69) is 20.4 Å². The lowest BCUT2D eigenvalue weighted by atomic mass is 10.3. The van der Waals surface area contributed by atoms with Gasteiger partial charge in [0.25, 0.3) is 0 Å². The standard InChI is InChI=1S/C14H10N6O2/c1-22-14(21)13-6-7-20(19-13)12-4-2-10(3-5-12)17-18-11(8-15)9-16/h2-7,17H,1H3. The van der Waals surface area contributed by atoms with Crippen molar-refractivity contribution in [1.82, 2.24) is 9.78 Å². The van der Waals surface area contributed by atoms with Crippen molar-refractivity contribution in [3.05, 3.63) is 42.2 Å². The Morgan fingerprint density at radius 3 is 2.55 bits per heavy atom. The predicted octanol–water partition coefficient (Wildman–Crippen LogP) is 1.47. The van der Waals surface area contributed by atoms with Gasteiger partial charge >= 0.3 is 5.97 Å². The molecule has 0 saturated carbocycles. The summed E-state index contributed by atoms with van der Waals surface area (Å²) in [5, 5.41) is 24.9. The third-order valence-electron chi connectivity index (χ3n) is 2.62. The van der Waals surface area contributed by atoms with Crippen molar-refractivity contribution in [1.29, 1.82) is 10.5 Å². The summed E-state index contributed by atoms with van der Waals surface area (Å²) in [4.78, 5) is 11.3. The molecule has 108 valence electrons. The largest absolute Gasteiger partial charge is 0.464 e. The summed E-state index contributed by atoms with van der Waals surface area (Å²) in [5.74, 6) is -0.507. The molecule has 0 saturated heterocycles. The van der Waals surface area contributed by atoms with Gasteiger partial charge in [-0.3, -0.25) is 5.43 Å². The van der Waals surface area contributed by atoms with Gasteiger partial charge in [-0.05, 0) is 30.3 Å². The van der Waals surface area contributed by atoms with Gasteiger partial charge in [-0.1, -0.05) is 0 Å². The first-order valence-electron chi connectivity index (χ1n) is 6.06. The van der Waals surface area contributed by atoms with Crippen LogP contribution < -0.4 is 5.43 Å². The van der Waals surface area contributed by atoms with Crippen LogP contribution in [0.15, 0.2) is 41.6 Å². The van der Waals surface area contributed by atoms with Crippen LogP contribution in [0.5, 0.6) is 0 Å². The van der Waals surface area contributed by atoms with Crippen LogP contribution in [0.25, 0.3) is 5.69 Å². The predicted molar refractivity (Wildman–Crippen MR) is 77.2 cm³/mol. The van der Waals surface area contributed by atoms with E-state index in [1.165, 1.54) is 11.8 Å². The number of hydrogen-bond acceptors (Lipinski definition) is 7. The van der Waals surface area contributed by atoms with Crippen LogP contribution >= 0.6 is 0 Å². The van der Waals surface area contributed by atoms with Crippen molar-refractivity contribution >= 4 is 17.4 Å². The van der Waals surface area contributed by atoms with Crippen LogP contribution in [0.2, 0.25) is 0 Å². The number of methoxy groups -OCH3 is 1. The molecule has 0 aliphatic carbocycles. The van der Waals surface area contributed by atoms with E-state index in [4.69, 9.17) is 10.5 Å². The van der Waals surface area contributed by atoms with Crippen LogP contribution in [-0.2, 0) is 4.74 Å². The number of aromatic nitrogens is 2. The zero-order chi connectivity index (χ0) is 15.9. The highest BCUT2D eigenvalue weighted by atomic mass is 16.5. The molecule has 0 atom stereocenters. The van der Waals surface area contributed by atoms with E-state index >= 15 is 0 Å². The molecule has 8 heteroatoms. The molecule has 2 rings (SSSR count). The van der Waals surface area contributed by atoms with E-state index in [1.807, 2.05) is 0 Å². The maximum absolute atomic E-state index is 11.3. The molecule has 1 N–H and O–H groups in total. The van der Waals surface area contributed by atoms with Crippen molar-refractivity contribution in [2.75, 3.05) is 12.5 Å². The van der Waals surface area contributed by atoms with Gasteiger partial charge in [-0.15, -0.1) is 0 Å². The number of carbonyl (C=O) groups excluding carboxylic acids is 1. The Morgan fingerprint density at radius 2 is 1.95 bits per heavy atom. The van der Waals surface area contributed by atoms with Crippen LogP contribution in [-0.4, -0.2) is 28.6 Å². The summed E-state index contributed by atoms with van der Waals surface area (Å²) < 4.78 is 6.11. The van der Waals surface area contributed by atoms with Gasteiger partial charge in [-0.25, -0.2) is 9.48 Å². The number of carbonyl (C=O) groups is 1. The fourth-order valence-corrected chi connectivity index (χ4v) is 1.57. The second-order valence-corrected chi connectivity index (χ2v) is 3.98. The number of hydrogen-bond donors (Lipinski definition) is 1. The van der Waals surface area contributed by atoms with Gasteiger partial charge in [0.05, 0.1) is 18.5 Å². The summed E-state index contributed by atoms with van der Waals surface area (Å²) >= 11 is 0. The number of nitrogens with zero attached hydrogens (tertiary/aromatic N) is 5. The lowest BCUT2D eigenvalue weighted by molar-refractivity contribution is 0.0593. The topological polar surface area (TPSA) is 116 Å². The van der Waals surface area contributed by atoms with Crippen molar-refractivity contribution in [2.24, 2.45) is 5.10 Å². The molecule has 0 aliphatic heterocycles. The van der Waals surface area contributed by atoms with Crippen molar-refractivity contribution in [2.45, 2.75) is 0 Å². The quantitative estimate of drug-likeness (QED) is 0.518. The molecule has 22 heavy (non-hydrogen) atoms. The maximum Gasteiger partial charge on any atom is 0.358 e. The number of benzene rings is 1. The average molecular weight is 294 g/mol. The van der Waals surface area contributed by atoms with E-state index in [-0.39, 0.29) is 11.4 Å². The van der Waals surface area contributed by atoms with Gasteiger partial charge in [0, 0.05) is 6.20 Å². The molecule has 0 spiro atoms. The van der Waals surface area contributed by atoms with Gasteiger partial charge in [0.1, 0.15) is 12.1 Å². The van der Waals surface area contributed by atoms with E-state index in [1.54, 1.807) is 48.7 Å². The zero-order valence-electron chi connectivity index (χ0n) is 11.5. The van der Waals surface area contributed by atoms with Gasteiger partial charge in [0.2, 0.25) is 5.71 Å². The van der Waals surface area contributed by atoms with E-state index in [0.29, 0.717) is 5.69 Å². The van der Waals surface area contributed by atoms with Gasteiger partial charge < -0.3 is 4.74 Å². The Bertz CT molecular complexity index is 776. The third-order valence-corrected chi connectivity index (χ3v) is 2.62. The highest BCUT2D eigenvalue weighted by molar-refractivity contribution is 6.10. The first-order chi connectivity index (χ1) is 10.7.